The van der Waals surface area contributed by atoms with Crippen molar-refractivity contribution in [3.63, 3.8) is 0 Å². The maximum absolute atomic E-state index is 12.3. The molecular weight excluding hydrogens is 400 g/mol. The third-order valence-electron chi connectivity index (χ3n) is 5.15. The van der Waals surface area contributed by atoms with Gasteiger partial charge in [-0.3, -0.25) is 4.79 Å². The first-order valence-corrected chi connectivity index (χ1v) is 11.2. The highest BCUT2D eigenvalue weighted by Crippen LogP contribution is 2.31. The maximum Gasteiger partial charge on any atom is 0.248 e. The van der Waals surface area contributed by atoms with E-state index in [1.165, 1.54) is 15.8 Å². The number of anilines is 1. The molecule has 1 heterocycles. The average Bonchev–Trinajstić information content (AvgIpc) is 3.15. The monoisotopic (exact) mass is 426 g/mol. The number of aromatic nitrogens is 1. The highest BCUT2D eigenvalue weighted by atomic mass is 32.1. The van der Waals surface area contributed by atoms with Crippen LogP contribution in [0.3, 0.4) is 0 Å². The van der Waals surface area contributed by atoms with Crippen LogP contribution in [0.1, 0.15) is 37.5 Å². The van der Waals surface area contributed by atoms with Crippen LogP contribution >= 0.6 is 11.3 Å². The minimum atomic E-state index is -0.150. The van der Waals surface area contributed by atoms with Crippen LogP contribution in [0, 0.1) is 6.92 Å². The molecule has 0 unspecified atom stereocenters. The normalized spacial score (nSPS) is 11.9. The number of thiazole rings is 1. The van der Waals surface area contributed by atoms with E-state index in [4.69, 9.17) is 4.98 Å². The summed E-state index contributed by atoms with van der Waals surface area (Å²) in [4.78, 5) is 17.0. The summed E-state index contributed by atoms with van der Waals surface area (Å²) < 4.78 is 1.19. The molecule has 1 aromatic heterocycles. The molecule has 0 spiro atoms. The van der Waals surface area contributed by atoms with Crippen molar-refractivity contribution in [2.45, 2.75) is 33.1 Å². The van der Waals surface area contributed by atoms with Gasteiger partial charge >= 0.3 is 0 Å². The summed E-state index contributed by atoms with van der Waals surface area (Å²) in [5, 5.41) is 3.90. The zero-order valence-electron chi connectivity index (χ0n) is 18.3. The Labute approximate surface area is 187 Å². The molecule has 3 nitrogen and oxygen atoms in total. The molecule has 4 heteroatoms. The third-order valence-corrected chi connectivity index (χ3v) is 6.21. The Balaban J connectivity index is 1.41. The summed E-state index contributed by atoms with van der Waals surface area (Å²) in [6, 6.07) is 22.4. The standard InChI is InChI=1S/C27H26N2OS/c1-18-5-15-23-24(17-18)31-26(29-23)20-9-13-22(14-10-20)28-25(30)16-8-19-6-11-21(12-7-19)27(2,3)4/h5-17H,1-4H3,(H,28,30). The first-order chi connectivity index (χ1) is 14.8. The quantitative estimate of drug-likeness (QED) is 0.350. The van der Waals surface area contributed by atoms with E-state index in [1.54, 1.807) is 17.4 Å². The number of fused-ring (bicyclic) bond motifs is 1. The Kier molecular flexibility index (Phi) is 5.75. The van der Waals surface area contributed by atoms with E-state index in [0.717, 1.165) is 27.3 Å². The molecule has 156 valence electrons. The van der Waals surface area contributed by atoms with Gasteiger partial charge in [0, 0.05) is 17.3 Å². The summed E-state index contributed by atoms with van der Waals surface area (Å²) in [6.45, 7) is 8.66. The summed E-state index contributed by atoms with van der Waals surface area (Å²) in [5.41, 5.74) is 6.46. The van der Waals surface area contributed by atoms with Crippen LogP contribution in [-0.4, -0.2) is 10.9 Å². The van der Waals surface area contributed by atoms with Crippen molar-refractivity contribution in [1.29, 1.82) is 0 Å². The Morgan fingerprint density at radius 2 is 1.68 bits per heavy atom. The molecule has 0 bridgehead atoms. The molecule has 0 fully saturated rings. The number of amides is 1. The van der Waals surface area contributed by atoms with Gasteiger partial charge in [-0.2, -0.15) is 0 Å². The Bertz CT molecular complexity index is 1240. The number of aryl methyl sites for hydroxylation is 1. The van der Waals surface area contributed by atoms with Gasteiger partial charge in [0.05, 0.1) is 10.2 Å². The lowest BCUT2D eigenvalue weighted by molar-refractivity contribution is -0.111. The molecule has 0 atom stereocenters. The van der Waals surface area contributed by atoms with E-state index in [9.17, 15) is 4.79 Å². The molecule has 31 heavy (non-hydrogen) atoms. The Morgan fingerprint density at radius 3 is 2.35 bits per heavy atom. The first kappa shape index (κ1) is 21.0. The second kappa shape index (κ2) is 8.48. The second-order valence-corrected chi connectivity index (χ2v) is 9.79. The van der Waals surface area contributed by atoms with Crippen LogP contribution in [-0.2, 0) is 10.2 Å². The van der Waals surface area contributed by atoms with Gasteiger partial charge in [-0.05, 0) is 71.5 Å². The van der Waals surface area contributed by atoms with Crippen LogP contribution < -0.4 is 5.32 Å². The number of hydrogen-bond donors (Lipinski definition) is 1. The molecule has 0 saturated heterocycles. The number of benzene rings is 3. The van der Waals surface area contributed by atoms with E-state index >= 15 is 0 Å². The molecular formula is C27H26N2OS. The van der Waals surface area contributed by atoms with E-state index in [2.05, 4.69) is 63.3 Å². The Morgan fingerprint density at radius 1 is 0.968 bits per heavy atom. The van der Waals surface area contributed by atoms with Crippen LogP contribution in [0.2, 0.25) is 0 Å². The van der Waals surface area contributed by atoms with Crippen molar-refractivity contribution in [3.8, 4) is 10.6 Å². The zero-order chi connectivity index (χ0) is 22.0. The minimum Gasteiger partial charge on any atom is -0.323 e. The summed E-state index contributed by atoms with van der Waals surface area (Å²) in [5.74, 6) is -0.150. The molecule has 1 N–H and O–H groups in total. The number of rotatable bonds is 4. The smallest absolute Gasteiger partial charge is 0.248 e. The molecule has 4 aromatic rings. The van der Waals surface area contributed by atoms with Crippen molar-refractivity contribution in [2.75, 3.05) is 5.32 Å². The highest BCUT2D eigenvalue weighted by Gasteiger charge is 2.12. The lowest BCUT2D eigenvalue weighted by Crippen LogP contribution is -2.10. The van der Waals surface area contributed by atoms with Gasteiger partial charge in [-0.1, -0.05) is 51.1 Å². The number of nitrogens with zero attached hydrogens (tertiary/aromatic N) is 1. The van der Waals surface area contributed by atoms with Crippen molar-refractivity contribution >= 4 is 39.2 Å². The first-order valence-electron chi connectivity index (χ1n) is 10.4. The molecule has 0 saturated carbocycles. The van der Waals surface area contributed by atoms with Gasteiger partial charge in [0.1, 0.15) is 5.01 Å². The predicted molar refractivity (Wildman–Crippen MR) is 133 cm³/mol. The average molecular weight is 427 g/mol. The van der Waals surface area contributed by atoms with E-state index < -0.39 is 0 Å². The number of hydrogen-bond acceptors (Lipinski definition) is 3. The fourth-order valence-corrected chi connectivity index (χ4v) is 4.37. The fraction of sp³-hybridized carbons (Fsp3) is 0.185. The van der Waals surface area contributed by atoms with Crippen LogP contribution in [0.5, 0.6) is 0 Å². The second-order valence-electron chi connectivity index (χ2n) is 8.76. The van der Waals surface area contributed by atoms with E-state index in [0.29, 0.717) is 0 Å². The lowest BCUT2D eigenvalue weighted by atomic mass is 9.87. The fourth-order valence-electron chi connectivity index (χ4n) is 3.30. The zero-order valence-corrected chi connectivity index (χ0v) is 19.1. The minimum absolute atomic E-state index is 0.121. The molecule has 4 rings (SSSR count). The predicted octanol–water partition coefficient (Wildman–Crippen LogP) is 7.22. The number of carbonyl (C=O) groups is 1. The summed E-state index contributed by atoms with van der Waals surface area (Å²) in [6.07, 6.45) is 3.40. The van der Waals surface area contributed by atoms with Gasteiger partial charge in [0.25, 0.3) is 0 Å². The largest absolute Gasteiger partial charge is 0.323 e. The van der Waals surface area contributed by atoms with E-state index in [-0.39, 0.29) is 11.3 Å². The van der Waals surface area contributed by atoms with Gasteiger partial charge in [-0.15, -0.1) is 11.3 Å². The molecule has 3 aromatic carbocycles. The molecule has 0 radical (unpaired) electrons. The number of nitrogens with one attached hydrogen (secondary N) is 1. The van der Waals surface area contributed by atoms with Crippen molar-refractivity contribution in [3.05, 3.63) is 89.5 Å². The third kappa shape index (κ3) is 5.09. The topological polar surface area (TPSA) is 42.0 Å². The molecule has 0 aliphatic heterocycles. The van der Waals surface area contributed by atoms with E-state index in [1.807, 2.05) is 42.5 Å². The van der Waals surface area contributed by atoms with Crippen molar-refractivity contribution < 1.29 is 4.79 Å². The lowest BCUT2D eigenvalue weighted by Gasteiger charge is -2.18. The molecule has 0 aliphatic carbocycles. The van der Waals surface area contributed by atoms with Gasteiger partial charge in [0.15, 0.2) is 0 Å². The SMILES string of the molecule is Cc1ccc2nc(-c3ccc(NC(=O)C=Cc4ccc(C(C)(C)C)cc4)cc3)sc2c1. The van der Waals surface area contributed by atoms with Crippen molar-refractivity contribution in [2.24, 2.45) is 0 Å². The molecule has 0 aliphatic rings. The van der Waals surface area contributed by atoms with Crippen LogP contribution in [0.4, 0.5) is 5.69 Å². The van der Waals surface area contributed by atoms with Gasteiger partial charge in [0.2, 0.25) is 5.91 Å². The van der Waals surface area contributed by atoms with Gasteiger partial charge < -0.3 is 5.32 Å². The van der Waals surface area contributed by atoms with Crippen LogP contribution in [0.15, 0.2) is 72.8 Å². The maximum atomic E-state index is 12.3. The summed E-state index contributed by atoms with van der Waals surface area (Å²) >= 11 is 1.68. The molecule has 1 amide bonds. The summed E-state index contributed by atoms with van der Waals surface area (Å²) in [7, 11) is 0. The van der Waals surface area contributed by atoms with Gasteiger partial charge in [-0.25, -0.2) is 4.98 Å². The Hall–Kier alpha value is -3.24. The number of carbonyl (C=O) groups excluding carboxylic acids is 1. The highest BCUT2D eigenvalue weighted by molar-refractivity contribution is 7.21. The van der Waals surface area contributed by atoms with Crippen molar-refractivity contribution in [1.82, 2.24) is 4.98 Å². The van der Waals surface area contributed by atoms with Crippen LogP contribution in [0.25, 0.3) is 26.9 Å².